The summed E-state index contributed by atoms with van der Waals surface area (Å²) < 4.78 is 2.73. The summed E-state index contributed by atoms with van der Waals surface area (Å²) in [5, 5.41) is 2.67. The maximum Gasteiger partial charge on any atom is 0.0468 e. The van der Waals surface area contributed by atoms with Gasteiger partial charge in [-0.3, -0.25) is 0 Å². The number of hydrogen-bond acceptors (Lipinski definition) is 2. The molecule has 0 saturated heterocycles. The second-order valence-corrected chi connectivity index (χ2v) is 19.4. The van der Waals surface area contributed by atoms with Crippen LogP contribution in [0.2, 0.25) is 0 Å². The molecule has 0 aliphatic heterocycles. The molecule has 260 valence electrons. The molecular weight excluding hydrogens is 647 g/mol. The van der Waals surface area contributed by atoms with Crippen molar-refractivity contribution in [1.82, 2.24) is 0 Å². The zero-order valence-electron chi connectivity index (χ0n) is 32.3. The maximum absolute atomic E-state index is 2.51. The number of thiophene rings is 1. The van der Waals surface area contributed by atoms with E-state index in [1.807, 2.05) is 11.3 Å². The highest BCUT2D eigenvalue weighted by atomic mass is 32.1. The molecule has 2 aliphatic rings. The van der Waals surface area contributed by atoms with Gasteiger partial charge in [0, 0.05) is 48.1 Å². The lowest BCUT2D eigenvalue weighted by atomic mass is 9.79. The first-order valence-corrected chi connectivity index (χ1v) is 19.7. The Balaban J connectivity index is 1.26. The summed E-state index contributed by atoms with van der Waals surface area (Å²) in [6.45, 7) is 23.5. The third-order valence-electron chi connectivity index (χ3n) is 12.2. The molecule has 2 aliphatic carbocycles. The Morgan fingerprint density at radius 2 is 1.00 bits per heavy atom. The second kappa shape index (κ2) is 10.9. The maximum atomic E-state index is 2.51. The Labute approximate surface area is 314 Å². The van der Waals surface area contributed by atoms with E-state index in [0.717, 1.165) is 0 Å². The van der Waals surface area contributed by atoms with E-state index in [9.17, 15) is 0 Å². The summed E-state index contributed by atoms with van der Waals surface area (Å²) in [6, 6.07) is 44.5. The lowest BCUT2D eigenvalue weighted by Gasteiger charge is -2.30. The van der Waals surface area contributed by atoms with Crippen LogP contribution >= 0.6 is 11.3 Å². The van der Waals surface area contributed by atoms with Gasteiger partial charge in [0.15, 0.2) is 0 Å². The van der Waals surface area contributed by atoms with Crippen LogP contribution < -0.4 is 4.90 Å². The molecule has 1 aromatic heterocycles. The summed E-state index contributed by atoms with van der Waals surface area (Å²) in [4.78, 5) is 2.51. The SMILES string of the molecule is CC(C)(C)c1ccc2c(c1)C(C)(C)c1cc(N(c3ccc4c(c3)C(C)(C)c3ccccc3-4)c3ccc4sc5c(C(C)(C)C)cccc5c4c3)ccc1-2. The van der Waals surface area contributed by atoms with Crippen molar-refractivity contribution in [3.63, 3.8) is 0 Å². The quantitative estimate of drug-likeness (QED) is 0.178. The molecule has 0 saturated carbocycles. The van der Waals surface area contributed by atoms with Crippen molar-refractivity contribution in [3.8, 4) is 22.3 Å². The Bertz CT molecular complexity index is 2600. The molecule has 9 rings (SSSR count). The zero-order valence-corrected chi connectivity index (χ0v) is 33.1. The highest BCUT2D eigenvalue weighted by molar-refractivity contribution is 7.26. The molecule has 0 amide bonds. The lowest BCUT2D eigenvalue weighted by molar-refractivity contribution is 0.584. The molecule has 0 fully saturated rings. The van der Waals surface area contributed by atoms with Gasteiger partial charge in [-0.2, -0.15) is 0 Å². The molecule has 0 radical (unpaired) electrons. The van der Waals surface area contributed by atoms with Gasteiger partial charge in [0.25, 0.3) is 0 Å². The van der Waals surface area contributed by atoms with Crippen molar-refractivity contribution in [1.29, 1.82) is 0 Å². The Morgan fingerprint density at radius 1 is 0.462 bits per heavy atom. The van der Waals surface area contributed by atoms with Crippen LogP contribution in [0.5, 0.6) is 0 Å². The molecule has 0 spiro atoms. The van der Waals surface area contributed by atoms with Gasteiger partial charge in [0.05, 0.1) is 0 Å². The van der Waals surface area contributed by atoms with Gasteiger partial charge >= 0.3 is 0 Å². The number of anilines is 3. The summed E-state index contributed by atoms with van der Waals surface area (Å²) in [5.41, 5.74) is 17.4. The topological polar surface area (TPSA) is 3.24 Å². The van der Waals surface area contributed by atoms with E-state index in [1.165, 1.54) is 92.9 Å². The van der Waals surface area contributed by atoms with Crippen molar-refractivity contribution < 1.29 is 0 Å². The highest BCUT2D eigenvalue weighted by Gasteiger charge is 2.38. The fourth-order valence-corrected chi connectivity index (χ4v) is 10.5. The van der Waals surface area contributed by atoms with Crippen LogP contribution in [0.1, 0.15) is 103 Å². The van der Waals surface area contributed by atoms with E-state index >= 15 is 0 Å². The number of hydrogen-bond donors (Lipinski definition) is 0. The molecular formula is C50H49NS. The zero-order chi connectivity index (χ0) is 36.5. The number of nitrogens with zero attached hydrogens (tertiary/aromatic N) is 1. The number of benzene rings is 6. The van der Waals surface area contributed by atoms with Gasteiger partial charge in [0.2, 0.25) is 0 Å². The van der Waals surface area contributed by atoms with Crippen LogP contribution in [0.25, 0.3) is 42.4 Å². The molecule has 0 atom stereocenters. The fraction of sp³-hybridized carbons (Fsp3) is 0.280. The van der Waals surface area contributed by atoms with Gasteiger partial charge in [-0.25, -0.2) is 0 Å². The molecule has 0 unspecified atom stereocenters. The molecule has 0 bridgehead atoms. The number of fused-ring (bicyclic) bond motifs is 9. The first-order valence-electron chi connectivity index (χ1n) is 18.9. The van der Waals surface area contributed by atoms with Crippen LogP contribution in [0.15, 0.2) is 115 Å². The average Bonchev–Trinajstić information content (AvgIpc) is 3.67. The molecule has 0 N–H and O–H groups in total. The largest absolute Gasteiger partial charge is 0.310 e. The predicted molar refractivity (Wildman–Crippen MR) is 227 cm³/mol. The van der Waals surface area contributed by atoms with Crippen LogP contribution in [0.3, 0.4) is 0 Å². The average molecular weight is 696 g/mol. The minimum atomic E-state index is -0.119. The van der Waals surface area contributed by atoms with Gasteiger partial charge in [-0.15, -0.1) is 11.3 Å². The Kier molecular flexibility index (Phi) is 6.98. The van der Waals surface area contributed by atoms with Crippen LogP contribution in [-0.2, 0) is 21.7 Å². The summed E-state index contributed by atoms with van der Waals surface area (Å²) in [6.07, 6.45) is 0. The number of rotatable bonds is 3. The van der Waals surface area contributed by atoms with Gasteiger partial charge in [-0.05, 0) is 109 Å². The first-order chi connectivity index (χ1) is 24.5. The monoisotopic (exact) mass is 695 g/mol. The summed E-state index contributed by atoms with van der Waals surface area (Å²) >= 11 is 1.93. The second-order valence-electron chi connectivity index (χ2n) is 18.3. The highest BCUT2D eigenvalue weighted by Crippen LogP contribution is 2.54. The van der Waals surface area contributed by atoms with Crippen molar-refractivity contribution in [2.45, 2.75) is 90.9 Å². The molecule has 6 aromatic carbocycles. The third-order valence-corrected chi connectivity index (χ3v) is 13.4. The third kappa shape index (κ3) is 4.80. The fourth-order valence-electron chi connectivity index (χ4n) is 9.13. The first kappa shape index (κ1) is 33.2. The molecule has 52 heavy (non-hydrogen) atoms. The van der Waals surface area contributed by atoms with Crippen LogP contribution in [-0.4, -0.2) is 0 Å². The molecule has 7 aromatic rings. The summed E-state index contributed by atoms with van der Waals surface area (Å²) in [7, 11) is 0. The molecule has 1 nitrogen and oxygen atoms in total. The van der Waals surface area contributed by atoms with Gasteiger partial charge in [-0.1, -0.05) is 142 Å². The predicted octanol–water partition coefficient (Wildman–Crippen LogP) is 14.7. The van der Waals surface area contributed by atoms with Gasteiger partial charge in [0.1, 0.15) is 0 Å². The van der Waals surface area contributed by atoms with Crippen molar-refractivity contribution >= 4 is 48.6 Å². The lowest BCUT2D eigenvalue weighted by Crippen LogP contribution is -2.19. The van der Waals surface area contributed by atoms with E-state index in [-0.39, 0.29) is 21.7 Å². The van der Waals surface area contributed by atoms with Crippen molar-refractivity contribution in [2.24, 2.45) is 0 Å². The Hall–Kier alpha value is -4.66. The van der Waals surface area contributed by atoms with Crippen LogP contribution in [0.4, 0.5) is 17.1 Å². The van der Waals surface area contributed by atoms with E-state index < -0.39 is 0 Å². The van der Waals surface area contributed by atoms with Gasteiger partial charge < -0.3 is 4.90 Å². The van der Waals surface area contributed by atoms with E-state index in [0.29, 0.717) is 0 Å². The Morgan fingerprint density at radius 3 is 1.63 bits per heavy atom. The summed E-state index contributed by atoms with van der Waals surface area (Å²) in [5.74, 6) is 0. The molecule has 1 heterocycles. The van der Waals surface area contributed by atoms with Crippen LogP contribution in [0, 0.1) is 0 Å². The normalized spacial score (nSPS) is 15.4. The minimum Gasteiger partial charge on any atom is -0.310 e. The van der Waals surface area contributed by atoms with E-state index in [1.54, 1.807) is 0 Å². The van der Waals surface area contributed by atoms with Crippen molar-refractivity contribution in [3.05, 3.63) is 149 Å². The minimum absolute atomic E-state index is 0.0759. The standard InChI is InChI=1S/C50H49NS/c1-47(2,3)30-18-22-35-37-24-20-33(29-44(37)50(9,10)42(35)26-30)51(32-19-23-36-34-14-11-12-16-40(34)49(7,8)43(36)28-32)31-21-25-45-39(27-31)38-15-13-17-41(46(38)52-45)48(4,5)6/h11-29H,1-10H3. The van der Waals surface area contributed by atoms with E-state index in [4.69, 9.17) is 0 Å². The van der Waals surface area contributed by atoms with Crippen molar-refractivity contribution in [2.75, 3.05) is 4.90 Å². The molecule has 2 heteroatoms. The smallest absolute Gasteiger partial charge is 0.0468 e. The van der Waals surface area contributed by atoms with E-state index in [2.05, 4.69) is 189 Å².